The number of carboxylic acid groups (broad SMARTS) is 1. The second-order valence-corrected chi connectivity index (χ2v) is 33.2. The molecule has 0 aromatic carbocycles. The minimum absolute atomic E-state index is 0. The number of methoxy groups -OCH3 is 5. The maximum Gasteiger partial charge on any atom is 0.339 e. The van der Waals surface area contributed by atoms with Gasteiger partial charge in [0, 0.05) is 180 Å². The van der Waals surface area contributed by atoms with Gasteiger partial charge in [-0.2, -0.15) is 0 Å². The monoisotopic (exact) mass is 1450 g/mol. The van der Waals surface area contributed by atoms with Crippen LogP contribution in [0, 0.1) is 0 Å². The number of H-pyrrole nitrogens is 2. The summed E-state index contributed by atoms with van der Waals surface area (Å²) in [6.45, 7) is 1.36. The Labute approximate surface area is 562 Å². The first kappa shape index (κ1) is 91.8. The predicted octanol–water partition coefficient (Wildman–Crippen LogP) is 6.02. The molecule has 8 rings (SSSR count). The van der Waals surface area contributed by atoms with Gasteiger partial charge in [0.1, 0.15) is 39.4 Å². The first-order valence-electron chi connectivity index (χ1n) is 21.6. The van der Waals surface area contributed by atoms with E-state index in [2.05, 4.69) is 153 Å². The summed E-state index contributed by atoms with van der Waals surface area (Å²) in [6, 6.07) is 8.41. The first-order chi connectivity index (χ1) is 40.1. The number of amides is 1. The van der Waals surface area contributed by atoms with Gasteiger partial charge in [-0.05, 0) is 96.1 Å². The minimum Gasteiger partial charge on any atom is -0.480 e. The molecule has 7 N–H and O–H groups in total. The second-order valence-electron chi connectivity index (χ2n) is 13.1. The maximum absolute atomic E-state index is 11.1. The van der Waals surface area contributed by atoms with Crippen molar-refractivity contribution in [3.05, 3.63) is 127 Å². The SMILES string of the molecule is COCC(=O)Nc1c[nH]ccc1=O.COCC(=O)O.COCc1nc2c(Cl)nccc2s1.COCc1nc2c[n+](O)ccc2s1.COCc1nc2cnccc2s1.Nc1c[nH]ccc1=O.O=P(Cl)(Cl)Cl.S=PP=S=S=S=S.[B].[B].[B][B].[B][B].[B][B][B]. The standard InChI is InChI=1S/C8H7ClN2OS.C8H10N2O3.C8H9N2O2S.C8H8N2OS.C5H6N2O.C3H6O3.B3.2B2.2B.Cl3OP.P2S5/c1-12-4-6-11-7-5(13-6)2-3-10-8(7)9;1-13-5-8(12)10-6-4-9-3-2-7(6)11;1-12-5-8-9-6-4-10(11)3-2-7(6)13-8;1-11-5-8-10-6-4-9-3-2-7(6)12-8;6-4-3-7-2-1-5(4)8;1-6-2-3(4)5;1-3-2;2*1-2;;;1-5(2,3)4;3-1-2-5-7-6-4/h2-3H,4H2,1H3;2-4H,5H2,1H3,(H,9,11)(H,10,12);2-4,11H,5H2,1H3;2-4H,5H2,1H3;1-3H,6H2,(H,7,8);2H2,1H3,(H,4,5);;;;;;;/q;;+1;;;;;;;;;;. The van der Waals surface area contributed by atoms with Gasteiger partial charge >= 0.3 is 11.2 Å². The molecule has 0 bridgehead atoms. The van der Waals surface area contributed by atoms with Crippen LogP contribution in [-0.2, 0) is 108 Å². The van der Waals surface area contributed by atoms with Gasteiger partial charge in [0.25, 0.3) is 0 Å². The number of hydrogen-bond donors (Lipinski definition) is 6. The van der Waals surface area contributed by atoms with Crippen LogP contribution in [0.3, 0.4) is 0 Å². The largest absolute Gasteiger partial charge is 0.480 e. The molecule has 8 aromatic rings. The number of fused-ring (bicyclic) bond motifs is 3. The molecule has 1 amide bonds. The summed E-state index contributed by atoms with van der Waals surface area (Å²) in [7, 11) is 40.5. The number of aromatic nitrogens is 8. The Morgan fingerprint density at radius 2 is 1.29 bits per heavy atom. The molecule has 0 saturated carbocycles. The number of halogens is 4. The number of thiazole rings is 3. The second kappa shape index (κ2) is 59.6. The van der Waals surface area contributed by atoms with Crippen LogP contribution in [0.4, 0.5) is 11.4 Å². The van der Waals surface area contributed by atoms with Crippen molar-refractivity contribution in [2.45, 2.75) is 19.8 Å². The number of hydrogen-bond acceptors (Lipinski definition) is 22. The van der Waals surface area contributed by atoms with Crippen LogP contribution in [0.15, 0.2) is 95.7 Å². The number of carbonyl (C=O) groups is 2. The quantitative estimate of drug-likeness (QED) is 0.0268. The number of nitrogens with zero attached hydrogens (tertiary/aromatic N) is 6. The van der Waals surface area contributed by atoms with Gasteiger partial charge in [-0.3, -0.25) is 29.1 Å². The zero-order chi connectivity index (χ0) is 64.3. The molecule has 0 atom stereocenters. The van der Waals surface area contributed by atoms with Gasteiger partial charge in [0.2, 0.25) is 29.2 Å². The molecule has 445 valence electrons. The fourth-order valence-corrected chi connectivity index (χ4v) is 17.2. The third kappa shape index (κ3) is 48.0. The summed E-state index contributed by atoms with van der Waals surface area (Å²) < 4.78 is 37.5. The van der Waals surface area contributed by atoms with Crippen LogP contribution >= 0.6 is 98.6 Å². The van der Waals surface area contributed by atoms with E-state index in [1.165, 1.54) is 60.9 Å². The van der Waals surface area contributed by atoms with E-state index in [0.717, 1.165) is 64.5 Å². The van der Waals surface area contributed by atoms with Gasteiger partial charge in [0.05, 0.1) is 51.3 Å². The molecule has 0 unspecified atom stereocenters. The summed E-state index contributed by atoms with van der Waals surface area (Å²) in [6.07, 6.45) is 14.3. The average Bonchev–Trinajstić information content (AvgIpc) is 3.37. The van der Waals surface area contributed by atoms with E-state index in [1.54, 1.807) is 111 Å². The average molecular weight is 1450 g/mol. The fourth-order valence-electron chi connectivity index (χ4n) is 4.59. The number of nitrogens with one attached hydrogen (secondary N) is 3. The molecule has 0 saturated heterocycles. The van der Waals surface area contributed by atoms with Crippen molar-refractivity contribution in [1.82, 2.24) is 34.9 Å². The molecule has 19 radical (unpaired) electrons. The molecule has 22 nitrogen and oxygen atoms in total. The third-order valence-corrected chi connectivity index (χ3v) is 20.6. The van der Waals surface area contributed by atoms with Crippen molar-refractivity contribution < 1.29 is 52.9 Å². The summed E-state index contributed by atoms with van der Waals surface area (Å²) in [5.74, 6) is -1.28. The van der Waals surface area contributed by atoms with Crippen LogP contribution in [0.5, 0.6) is 0 Å². The Kier molecular flexibility index (Phi) is 63.6. The molecule has 8 heterocycles. The first-order valence-corrected chi connectivity index (χ1v) is 37.3. The highest BCUT2D eigenvalue weighted by Gasteiger charge is 2.09. The molecule has 0 fully saturated rings. The molecule has 0 aliphatic heterocycles. The van der Waals surface area contributed by atoms with Crippen LogP contribution in [0.2, 0.25) is 5.15 Å². The smallest absolute Gasteiger partial charge is 0.339 e. The highest BCUT2D eigenvalue weighted by molar-refractivity contribution is 8.63. The molecule has 46 heteroatoms. The summed E-state index contributed by atoms with van der Waals surface area (Å²) >= 11 is 33.7. The third-order valence-electron chi connectivity index (χ3n) is 7.32. The molecule has 0 aliphatic rings. The maximum atomic E-state index is 11.1. The van der Waals surface area contributed by atoms with E-state index >= 15 is 0 Å². The van der Waals surface area contributed by atoms with Crippen molar-refractivity contribution in [3.8, 4) is 0 Å². The lowest BCUT2D eigenvalue weighted by Gasteiger charge is -2.01. The lowest BCUT2D eigenvalue weighted by molar-refractivity contribution is -0.904. The number of nitrogens with two attached hydrogens (primary N) is 1. The van der Waals surface area contributed by atoms with E-state index in [-0.39, 0.29) is 58.2 Å². The van der Waals surface area contributed by atoms with E-state index < -0.39 is 11.2 Å². The van der Waals surface area contributed by atoms with E-state index in [4.69, 9.17) is 41.9 Å². The van der Waals surface area contributed by atoms with Crippen molar-refractivity contribution in [2.24, 2.45) is 0 Å². The lowest BCUT2D eigenvalue weighted by Crippen LogP contribution is -2.27. The van der Waals surface area contributed by atoms with Crippen LogP contribution in [0.1, 0.15) is 15.0 Å². The number of rotatable bonds is 12. The number of aliphatic carboxylic acids is 1. The Morgan fingerprint density at radius 3 is 1.72 bits per heavy atom. The molecule has 0 aliphatic carbocycles. The molecule has 8 aromatic heterocycles. The molecule has 86 heavy (non-hydrogen) atoms. The van der Waals surface area contributed by atoms with Crippen LogP contribution in [-0.4, -0.2) is 176 Å². The Bertz CT molecular complexity index is 3400. The Morgan fingerprint density at radius 1 is 0.802 bits per heavy atom. The van der Waals surface area contributed by atoms with Crippen molar-refractivity contribution >= 4 is 273 Å². The molecular weight excluding hydrogens is 1400 g/mol. The summed E-state index contributed by atoms with van der Waals surface area (Å²) in [5.41, 5.74) is 7.80. The zero-order valence-electron chi connectivity index (χ0n) is 45.7. The van der Waals surface area contributed by atoms with Gasteiger partial charge in [-0.1, -0.05) is 11.6 Å². The van der Waals surface area contributed by atoms with E-state index in [0.29, 0.717) is 25.0 Å². The lowest BCUT2D eigenvalue weighted by atomic mass is 9.40. The van der Waals surface area contributed by atoms with Crippen molar-refractivity contribution in [3.63, 3.8) is 0 Å². The highest BCUT2D eigenvalue weighted by atomic mass is 36.0. The Balaban J connectivity index is -0.000000290. The van der Waals surface area contributed by atoms with Gasteiger partial charge in [-0.15, -0.1) is 34.0 Å². The summed E-state index contributed by atoms with van der Waals surface area (Å²) in [4.78, 5) is 68.2. The number of carboxylic acids is 1. The number of anilines is 2. The number of carbonyl (C=O) groups excluding carboxylic acids is 1. The minimum atomic E-state index is -3.22. The van der Waals surface area contributed by atoms with Gasteiger partial charge in [-0.25, -0.2) is 24.7 Å². The number of aromatic amines is 2. The number of pyridine rings is 5. The normalized spacial score (nSPS) is 9.27. The molecule has 0 spiro atoms. The number of nitrogen functional groups attached to an aromatic ring is 1. The van der Waals surface area contributed by atoms with Crippen molar-refractivity contribution in [1.29, 1.82) is 0 Å². The zero-order valence-corrected chi connectivity index (χ0v) is 57.9. The summed E-state index contributed by atoms with van der Waals surface area (Å²) in [5, 5.41) is 19.4. The van der Waals surface area contributed by atoms with Crippen LogP contribution in [0.25, 0.3) is 30.6 Å². The van der Waals surface area contributed by atoms with E-state index in [1.807, 2.05) is 18.2 Å². The van der Waals surface area contributed by atoms with Crippen molar-refractivity contribution in [2.75, 3.05) is 59.8 Å². The fraction of sp³-hybridized carbons (Fsp3) is 0.250. The Hall–Kier alpha value is -2.97. The van der Waals surface area contributed by atoms with Gasteiger partial charge in [0.15, 0.2) is 10.7 Å². The van der Waals surface area contributed by atoms with E-state index in [9.17, 15) is 23.7 Å². The molecular formula is C40H46B9Cl4N10O12P3S8+. The highest BCUT2D eigenvalue weighted by Crippen LogP contribution is 2.61. The number of ether oxygens (including phenoxy) is 5. The van der Waals surface area contributed by atoms with Crippen LogP contribution < -0.4 is 26.6 Å². The predicted molar refractivity (Wildman–Crippen MR) is 375 cm³/mol. The topological polar surface area (TPSA) is 310 Å². The van der Waals surface area contributed by atoms with Gasteiger partial charge < -0.3 is 49.8 Å².